The minimum absolute atomic E-state index is 0.616. The minimum Gasteiger partial charge on any atom is -0.384 e. The zero-order valence-corrected chi connectivity index (χ0v) is 12.9. The highest BCUT2D eigenvalue weighted by Crippen LogP contribution is 2.12. The van der Waals surface area contributed by atoms with Crippen molar-refractivity contribution in [2.24, 2.45) is 11.8 Å². The first-order chi connectivity index (χ1) is 8.97. The molecular weight excluding hydrogens is 234 g/mol. The molecule has 0 aromatic carbocycles. The number of hydrogen-bond donors (Lipinski definition) is 1. The molecule has 0 saturated heterocycles. The smallest absolute Gasteiger partial charge is 0.123 e. The van der Waals surface area contributed by atoms with Gasteiger partial charge in [0.05, 0.1) is 0 Å². The van der Waals surface area contributed by atoms with E-state index in [0.717, 1.165) is 31.5 Å². The Kier molecular flexibility index (Phi) is 6.85. The van der Waals surface area contributed by atoms with Gasteiger partial charge in [0.15, 0.2) is 0 Å². The molecule has 0 fully saturated rings. The van der Waals surface area contributed by atoms with Crippen molar-refractivity contribution >= 4 is 5.82 Å². The SMILES string of the molecule is CC(C)CCN(CCC(C)C)Cc1ccnc(N)c1. The molecule has 0 spiro atoms. The Morgan fingerprint density at radius 2 is 1.68 bits per heavy atom. The second-order valence-corrected chi connectivity index (χ2v) is 6.23. The monoisotopic (exact) mass is 263 g/mol. The molecule has 0 bridgehead atoms. The maximum Gasteiger partial charge on any atom is 0.123 e. The van der Waals surface area contributed by atoms with E-state index in [9.17, 15) is 0 Å². The highest BCUT2D eigenvalue weighted by atomic mass is 15.1. The Balaban J connectivity index is 2.56. The number of nitrogen functional groups attached to an aromatic ring is 1. The van der Waals surface area contributed by atoms with Crippen molar-refractivity contribution in [2.75, 3.05) is 18.8 Å². The Bertz CT molecular complexity index is 349. The van der Waals surface area contributed by atoms with Crippen LogP contribution in [0.15, 0.2) is 18.3 Å². The highest BCUT2D eigenvalue weighted by Gasteiger charge is 2.08. The first-order valence-corrected chi connectivity index (χ1v) is 7.40. The molecule has 0 aliphatic heterocycles. The van der Waals surface area contributed by atoms with Crippen LogP contribution in [0.3, 0.4) is 0 Å². The number of aromatic nitrogens is 1. The van der Waals surface area contributed by atoms with Crippen molar-refractivity contribution in [1.29, 1.82) is 0 Å². The molecule has 1 aromatic rings. The molecule has 0 saturated carbocycles. The summed E-state index contributed by atoms with van der Waals surface area (Å²) >= 11 is 0. The van der Waals surface area contributed by atoms with E-state index < -0.39 is 0 Å². The topological polar surface area (TPSA) is 42.2 Å². The molecule has 108 valence electrons. The number of nitrogens with zero attached hydrogens (tertiary/aromatic N) is 2. The van der Waals surface area contributed by atoms with Gasteiger partial charge in [-0.2, -0.15) is 0 Å². The summed E-state index contributed by atoms with van der Waals surface area (Å²) in [7, 11) is 0. The molecule has 1 rings (SSSR count). The summed E-state index contributed by atoms with van der Waals surface area (Å²) in [6.07, 6.45) is 4.30. The number of hydrogen-bond acceptors (Lipinski definition) is 3. The Morgan fingerprint density at radius 3 is 2.16 bits per heavy atom. The van der Waals surface area contributed by atoms with Crippen molar-refractivity contribution < 1.29 is 0 Å². The highest BCUT2D eigenvalue weighted by molar-refractivity contribution is 5.31. The summed E-state index contributed by atoms with van der Waals surface area (Å²) in [5, 5.41) is 0. The molecule has 3 heteroatoms. The summed E-state index contributed by atoms with van der Waals surface area (Å²) in [6.45, 7) is 12.4. The van der Waals surface area contributed by atoms with Crippen LogP contribution < -0.4 is 5.73 Å². The molecule has 3 nitrogen and oxygen atoms in total. The van der Waals surface area contributed by atoms with E-state index in [1.54, 1.807) is 6.20 Å². The molecule has 0 atom stereocenters. The van der Waals surface area contributed by atoms with Gasteiger partial charge in [0.1, 0.15) is 5.82 Å². The van der Waals surface area contributed by atoms with Gasteiger partial charge in [-0.15, -0.1) is 0 Å². The van der Waals surface area contributed by atoms with Gasteiger partial charge in [-0.05, 0) is 55.5 Å². The summed E-state index contributed by atoms with van der Waals surface area (Å²) in [6, 6.07) is 4.05. The number of nitrogens with two attached hydrogens (primary N) is 1. The predicted octanol–water partition coefficient (Wildman–Crippen LogP) is 3.56. The van der Waals surface area contributed by atoms with Crippen LogP contribution in [0, 0.1) is 11.8 Å². The first kappa shape index (κ1) is 16.0. The van der Waals surface area contributed by atoms with Crippen LogP contribution in [0.2, 0.25) is 0 Å². The zero-order valence-electron chi connectivity index (χ0n) is 12.9. The molecule has 0 radical (unpaired) electrons. The Labute approximate surface area is 118 Å². The van der Waals surface area contributed by atoms with Gasteiger partial charge in [-0.3, -0.25) is 4.90 Å². The number of pyridine rings is 1. The third-order valence-electron chi connectivity index (χ3n) is 3.30. The lowest BCUT2D eigenvalue weighted by Crippen LogP contribution is -2.27. The van der Waals surface area contributed by atoms with Gasteiger partial charge in [0.25, 0.3) is 0 Å². The predicted molar refractivity (Wildman–Crippen MR) is 82.8 cm³/mol. The van der Waals surface area contributed by atoms with Gasteiger partial charge in [0.2, 0.25) is 0 Å². The lowest BCUT2D eigenvalue weighted by molar-refractivity contribution is 0.235. The fourth-order valence-electron chi connectivity index (χ4n) is 2.00. The molecule has 0 unspecified atom stereocenters. The molecule has 0 aliphatic rings. The van der Waals surface area contributed by atoms with Crippen LogP contribution in [-0.4, -0.2) is 23.0 Å². The van der Waals surface area contributed by atoms with E-state index in [-0.39, 0.29) is 0 Å². The van der Waals surface area contributed by atoms with Crippen molar-refractivity contribution in [1.82, 2.24) is 9.88 Å². The molecular formula is C16H29N3. The Hall–Kier alpha value is -1.09. The van der Waals surface area contributed by atoms with Crippen LogP contribution in [0.1, 0.15) is 46.1 Å². The molecule has 0 aliphatic carbocycles. The average molecular weight is 263 g/mol. The van der Waals surface area contributed by atoms with Gasteiger partial charge in [0, 0.05) is 12.7 Å². The second kappa shape index (κ2) is 8.16. The number of rotatable bonds is 8. The lowest BCUT2D eigenvalue weighted by atomic mass is 10.1. The maximum atomic E-state index is 5.75. The van der Waals surface area contributed by atoms with E-state index in [4.69, 9.17) is 5.73 Å². The minimum atomic E-state index is 0.616. The molecule has 1 heterocycles. The van der Waals surface area contributed by atoms with Gasteiger partial charge >= 0.3 is 0 Å². The first-order valence-electron chi connectivity index (χ1n) is 7.40. The van der Waals surface area contributed by atoms with Crippen LogP contribution in [-0.2, 0) is 6.54 Å². The maximum absolute atomic E-state index is 5.75. The lowest BCUT2D eigenvalue weighted by Gasteiger charge is -2.24. The standard InChI is InChI=1S/C16H29N3/c1-13(2)6-9-19(10-7-14(3)4)12-15-5-8-18-16(17)11-15/h5,8,11,13-14H,6-7,9-10,12H2,1-4H3,(H2,17,18). The van der Waals surface area contributed by atoms with Gasteiger partial charge in [-0.25, -0.2) is 4.98 Å². The molecule has 0 amide bonds. The normalized spacial score (nSPS) is 11.7. The second-order valence-electron chi connectivity index (χ2n) is 6.23. The van der Waals surface area contributed by atoms with E-state index >= 15 is 0 Å². The van der Waals surface area contributed by atoms with Crippen molar-refractivity contribution in [3.63, 3.8) is 0 Å². The third-order valence-corrected chi connectivity index (χ3v) is 3.30. The van der Waals surface area contributed by atoms with Crippen LogP contribution in [0.25, 0.3) is 0 Å². The summed E-state index contributed by atoms with van der Waals surface area (Å²) < 4.78 is 0. The largest absolute Gasteiger partial charge is 0.384 e. The van der Waals surface area contributed by atoms with Crippen LogP contribution in [0.5, 0.6) is 0 Å². The van der Waals surface area contributed by atoms with Gasteiger partial charge in [-0.1, -0.05) is 27.7 Å². The van der Waals surface area contributed by atoms with E-state index in [0.29, 0.717) is 5.82 Å². The Morgan fingerprint density at radius 1 is 1.11 bits per heavy atom. The van der Waals surface area contributed by atoms with Crippen LogP contribution >= 0.6 is 0 Å². The third kappa shape index (κ3) is 7.16. The number of anilines is 1. The van der Waals surface area contributed by atoms with Crippen molar-refractivity contribution in [3.05, 3.63) is 23.9 Å². The summed E-state index contributed by atoms with van der Waals surface area (Å²) in [5.74, 6) is 2.12. The van der Waals surface area contributed by atoms with E-state index in [1.165, 1.54) is 18.4 Å². The van der Waals surface area contributed by atoms with Crippen molar-refractivity contribution in [3.8, 4) is 0 Å². The van der Waals surface area contributed by atoms with Crippen molar-refractivity contribution in [2.45, 2.75) is 47.1 Å². The molecule has 19 heavy (non-hydrogen) atoms. The van der Waals surface area contributed by atoms with Gasteiger partial charge < -0.3 is 5.73 Å². The zero-order chi connectivity index (χ0) is 14.3. The summed E-state index contributed by atoms with van der Waals surface area (Å²) in [4.78, 5) is 6.59. The molecule has 2 N–H and O–H groups in total. The van der Waals surface area contributed by atoms with E-state index in [2.05, 4.69) is 43.6 Å². The van der Waals surface area contributed by atoms with E-state index in [1.807, 2.05) is 6.07 Å². The van der Waals surface area contributed by atoms with Crippen LogP contribution in [0.4, 0.5) is 5.82 Å². The fraction of sp³-hybridized carbons (Fsp3) is 0.688. The fourth-order valence-corrected chi connectivity index (χ4v) is 2.00. The quantitative estimate of drug-likeness (QED) is 0.780. The summed E-state index contributed by atoms with van der Waals surface area (Å²) in [5.41, 5.74) is 7.01. The molecule has 1 aromatic heterocycles. The average Bonchev–Trinajstić information content (AvgIpc) is 2.32.